The van der Waals surface area contributed by atoms with E-state index >= 15 is 0 Å². The van der Waals surface area contributed by atoms with Gasteiger partial charge in [0.2, 0.25) is 0 Å². The van der Waals surface area contributed by atoms with Crippen LogP contribution >= 0.6 is 0 Å². The number of nitrogens with one attached hydrogen (secondary N) is 1. The van der Waals surface area contributed by atoms with Crippen molar-refractivity contribution in [3.63, 3.8) is 0 Å². The van der Waals surface area contributed by atoms with E-state index in [0.717, 1.165) is 42.5 Å². The first-order valence-corrected chi connectivity index (χ1v) is 10.4. The number of aromatic nitrogens is 4. The second kappa shape index (κ2) is 8.26. The number of nitrogens with zero attached hydrogens (tertiary/aromatic N) is 4. The van der Waals surface area contributed by atoms with E-state index in [1.54, 1.807) is 16.8 Å². The Hall–Kier alpha value is -3.22. The molecule has 2 aromatic carbocycles. The van der Waals surface area contributed by atoms with Gasteiger partial charge in [0.25, 0.3) is 0 Å². The Kier molecular flexibility index (Phi) is 5.53. The Morgan fingerprint density at radius 1 is 1.10 bits per heavy atom. The van der Waals surface area contributed by atoms with Gasteiger partial charge in [0.05, 0.1) is 5.69 Å². The molecule has 0 unspecified atom stereocenters. The minimum Gasteiger partial charge on any atom is -0.410 e. The highest BCUT2D eigenvalue weighted by Gasteiger charge is 2.42. The number of benzene rings is 2. The van der Waals surface area contributed by atoms with E-state index in [1.165, 1.54) is 0 Å². The van der Waals surface area contributed by atoms with E-state index in [0.29, 0.717) is 17.5 Å². The molecule has 7 nitrogen and oxygen atoms in total. The maximum absolute atomic E-state index is 12.8. The fourth-order valence-corrected chi connectivity index (χ4v) is 4.21. The van der Waals surface area contributed by atoms with Crippen LogP contribution in [0, 0.1) is 19.8 Å². The number of para-hydroxylation sites is 1. The van der Waals surface area contributed by atoms with Crippen LogP contribution in [0.5, 0.6) is 5.75 Å². The van der Waals surface area contributed by atoms with Crippen LogP contribution in [0.1, 0.15) is 49.6 Å². The summed E-state index contributed by atoms with van der Waals surface area (Å²) in [6, 6.07) is 15.3. The van der Waals surface area contributed by atoms with Crippen molar-refractivity contribution >= 4 is 6.09 Å². The third-order valence-electron chi connectivity index (χ3n) is 5.77. The maximum atomic E-state index is 12.8. The molecule has 1 N–H and O–H groups in total. The average molecular weight is 406 g/mol. The van der Waals surface area contributed by atoms with Gasteiger partial charge in [-0.15, -0.1) is 5.10 Å². The molecule has 1 fully saturated rings. The van der Waals surface area contributed by atoms with E-state index in [1.807, 2.05) is 44.2 Å². The lowest BCUT2D eigenvalue weighted by molar-refractivity contribution is 0.150. The SMILES string of the molecule is Cc1cc(C)cc(-n2nnnc2C2(NC(=O)Oc3ccccc3)CCC(C)CC2)c1. The number of rotatable bonds is 4. The van der Waals surface area contributed by atoms with Gasteiger partial charge in [-0.3, -0.25) is 0 Å². The molecular weight excluding hydrogens is 378 g/mol. The lowest BCUT2D eigenvalue weighted by Crippen LogP contribution is -2.50. The van der Waals surface area contributed by atoms with Crippen molar-refractivity contribution in [1.82, 2.24) is 25.5 Å². The van der Waals surface area contributed by atoms with Gasteiger partial charge in [0, 0.05) is 0 Å². The number of tetrazole rings is 1. The molecule has 1 aliphatic carbocycles. The molecule has 4 rings (SSSR count). The molecule has 0 saturated heterocycles. The zero-order valence-electron chi connectivity index (χ0n) is 17.6. The lowest BCUT2D eigenvalue weighted by atomic mass is 9.76. The predicted molar refractivity (Wildman–Crippen MR) is 114 cm³/mol. The molecule has 0 radical (unpaired) electrons. The molecule has 0 spiro atoms. The fraction of sp³-hybridized carbons (Fsp3) is 0.391. The van der Waals surface area contributed by atoms with Gasteiger partial charge in [0.15, 0.2) is 5.82 Å². The smallest absolute Gasteiger partial charge is 0.410 e. The van der Waals surface area contributed by atoms with Crippen molar-refractivity contribution in [2.75, 3.05) is 0 Å². The standard InChI is InChI=1S/C23H27N5O2/c1-16-9-11-23(12-10-16,24-22(29)30-20-7-5-4-6-8-20)21-25-26-27-28(21)19-14-17(2)13-18(3)15-19/h4-8,13-16H,9-12H2,1-3H3,(H,24,29). The Labute approximate surface area is 176 Å². The summed E-state index contributed by atoms with van der Waals surface area (Å²) in [4.78, 5) is 12.8. The molecule has 0 atom stereocenters. The van der Waals surface area contributed by atoms with E-state index in [9.17, 15) is 4.79 Å². The molecule has 1 saturated carbocycles. The number of aryl methyl sites for hydroxylation is 2. The maximum Gasteiger partial charge on any atom is 0.413 e. The van der Waals surface area contributed by atoms with Crippen LogP contribution in [-0.4, -0.2) is 26.3 Å². The number of carbonyl (C=O) groups is 1. The molecule has 1 heterocycles. The predicted octanol–water partition coefficient (Wildman–Crippen LogP) is 4.47. The molecular formula is C23H27N5O2. The zero-order chi connectivity index (χ0) is 21.1. The van der Waals surface area contributed by atoms with Gasteiger partial charge in [-0.25, -0.2) is 4.79 Å². The van der Waals surface area contributed by atoms with E-state index in [-0.39, 0.29) is 0 Å². The number of hydrogen-bond acceptors (Lipinski definition) is 5. The van der Waals surface area contributed by atoms with Crippen LogP contribution < -0.4 is 10.1 Å². The number of ether oxygens (including phenoxy) is 1. The minimum atomic E-state index is -0.681. The first-order valence-electron chi connectivity index (χ1n) is 10.4. The zero-order valence-corrected chi connectivity index (χ0v) is 17.6. The second-order valence-electron chi connectivity index (χ2n) is 8.35. The summed E-state index contributed by atoms with van der Waals surface area (Å²) in [7, 11) is 0. The molecule has 0 bridgehead atoms. The summed E-state index contributed by atoms with van der Waals surface area (Å²) in [6.45, 7) is 6.33. The summed E-state index contributed by atoms with van der Waals surface area (Å²) in [5, 5.41) is 15.7. The van der Waals surface area contributed by atoms with Crippen LogP contribution in [-0.2, 0) is 5.54 Å². The summed E-state index contributed by atoms with van der Waals surface area (Å²) in [5.41, 5.74) is 2.48. The molecule has 30 heavy (non-hydrogen) atoms. The lowest BCUT2D eigenvalue weighted by Gasteiger charge is -2.38. The molecule has 1 amide bonds. The average Bonchev–Trinajstić information content (AvgIpc) is 3.21. The summed E-state index contributed by atoms with van der Waals surface area (Å²) in [5.74, 6) is 1.74. The van der Waals surface area contributed by atoms with Crippen LogP contribution in [0.25, 0.3) is 5.69 Å². The summed E-state index contributed by atoms with van der Waals surface area (Å²) >= 11 is 0. The highest BCUT2D eigenvalue weighted by molar-refractivity contribution is 5.71. The van der Waals surface area contributed by atoms with E-state index in [2.05, 4.69) is 33.8 Å². The Morgan fingerprint density at radius 2 is 1.77 bits per heavy atom. The van der Waals surface area contributed by atoms with Crippen LogP contribution in [0.15, 0.2) is 48.5 Å². The largest absolute Gasteiger partial charge is 0.413 e. The van der Waals surface area contributed by atoms with Gasteiger partial charge >= 0.3 is 6.09 Å². The first kappa shape index (κ1) is 20.1. The number of hydrogen-bond donors (Lipinski definition) is 1. The van der Waals surface area contributed by atoms with E-state index < -0.39 is 11.6 Å². The van der Waals surface area contributed by atoms with Gasteiger partial charge in [-0.05, 0) is 91.3 Å². The molecule has 7 heteroatoms. The summed E-state index contributed by atoms with van der Waals surface area (Å²) < 4.78 is 7.27. The fourth-order valence-electron chi connectivity index (χ4n) is 4.21. The van der Waals surface area contributed by atoms with Crippen molar-refractivity contribution in [2.24, 2.45) is 5.92 Å². The van der Waals surface area contributed by atoms with E-state index in [4.69, 9.17) is 4.74 Å². The van der Waals surface area contributed by atoms with Crippen LogP contribution in [0.3, 0.4) is 0 Å². The van der Waals surface area contributed by atoms with Crippen molar-refractivity contribution in [2.45, 2.75) is 52.0 Å². The molecule has 1 aromatic heterocycles. The molecule has 0 aliphatic heterocycles. The molecule has 3 aromatic rings. The normalized spacial score (nSPS) is 21.2. The monoisotopic (exact) mass is 405 g/mol. The highest BCUT2D eigenvalue weighted by atomic mass is 16.6. The van der Waals surface area contributed by atoms with Crippen LogP contribution in [0.4, 0.5) is 4.79 Å². The van der Waals surface area contributed by atoms with Crippen molar-refractivity contribution in [3.05, 3.63) is 65.5 Å². The Balaban J connectivity index is 1.68. The third kappa shape index (κ3) is 4.20. The Morgan fingerprint density at radius 3 is 2.43 bits per heavy atom. The molecule has 1 aliphatic rings. The van der Waals surface area contributed by atoms with Gasteiger partial charge in [0.1, 0.15) is 11.3 Å². The first-order chi connectivity index (χ1) is 14.4. The van der Waals surface area contributed by atoms with Gasteiger partial charge in [-0.2, -0.15) is 4.68 Å². The van der Waals surface area contributed by atoms with Gasteiger partial charge in [-0.1, -0.05) is 31.2 Å². The van der Waals surface area contributed by atoms with Gasteiger partial charge < -0.3 is 10.1 Å². The van der Waals surface area contributed by atoms with Crippen molar-refractivity contribution < 1.29 is 9.53 Å². The summed E-state index contributed by atoms with van der Waals surface area (Å²) in [6.07, 6.45) is 2.97. The third-order valence-corrected chi connectivity index (χ3v) is 5.77. The molecule has 156 valence electrons. The second-order valence-corrected chi connectivity index (χ2v) is 8.35. The quantitative estimate of drug-likeness (QED) is 0.692. The number of carbonyl (C=O) groups excluding carboxylic acids is 1. The highest BCUT2D eigenvalue weighted by Crippen LogP contribution is 2.39. The topological polar surface area (TPSA) is 81.9 Å². The Bertz CT molecular complexity index is 1000. The van der Waals surface area contributed by atoms with Crippen LogP contribution in [0.2, 0.25) is 0 Å². The van der Waals surface area contributed by atoms with Crippen molar-refractivity contribution in [1.29, 1.82) is 0 Å². The van der Waals surface area contributed by atoms with Crippen molar-refractivity contribution in [3.8, 4) is 11.4 Å². The number of amides is 1. The minimum absolute atomic E-state index is 0.495.